The summed E-state index contributed by atoms with van der Waals surface area (Å²) in [5, 5.41) is 2.33. The van der Waals surface area contributed by atoms with Gasteiger partial charge in [-0.3, -0.25) is 4.79 Å². The molecule has 0 unspecified atom stereocenters. The fraction of sp³-hybridized carbons (Fsp3) is 0.478. The molecule has 1 aromatic carbocycles. The minimum Gasteiger partial charge on any atom is -0.383 e. The summed E-state index contributed by atoms with van der Waals surface area (Å²) in [7, 11) is 3.40. The third-order valence-corrected chi connectivity index (χ3v) is 5.00. The van der Waals surface area contributed by atoms with Gasteiger partial charge in [0.1, 0.15) is 6.54 Å². The van der Waals surface area contributed by atoms with Gasteiger partial charge < -0.3 is 24.4 Å². The van der Waals surface area contributed by atoms with Crippen LogP contribution in [0.3, 0.4) is 0 Å². The molecule has 0 bridgehead atoms. The molecule has 1 aromatic heterocycles. The number of carbonyl (C=O) groups excluding carboxylic acids is 2. The zero-order valence-electron chi connectivity index (χ0n) is 19.4. The van der Waals surface area contributed by atoms with Crippen LogP contribution in [0.4, 0.5) is 23.7 Å². The van der Waals surface area contributed by atoms with Gasteiger partial charge >= 0.3 is 12.2 Å². The predicted molar refractivity (Wildman–Crippen MR) is 120 cm³/mol. The zero-order valence-corrected chi connectivity index (χ0v) is 19.4. The number of alkyl halides is 3. The monoisotopic (exact) mass is 468 g/mol. The molecule has 182 valence electrons. The van der Waals surface area contributed by atoms with Gasteiger partial charge in [0.15, 0.2) is 0 Å². The van der Waals surface area contributed by atoms with Gasteiger partial charge in [-0.15, -0.1) is 0 Å². The lowest BCUT2D eigenvalue weighted by molar-refractivity contribution is -0.137. The van der Waals surface area contributed by atoms with Gasteiger partial charge in [-0.2, -0.15) is 13.2 Å². The second-order valence-electron chi connectivity index (χ2n) is 8.17. The Morgan fingerprint density at radius 3 is 2.39 bits per heavy atom. The Balaban J connectivity index is 2.20. The van der Waals surface area contributed by atoms with E-state index in [0.717, 1.165) is 11.8 Å². The SMILES string of the molecule is COCCN(Cc1cccn1C)C(=O)CN(CC(C)C)C(=O)Nc1ccccc1C(F)(F)F. The van der Waals surface area contributed by atoms with Crippen molar-refractivity contribution in [3.8, 4) is 0 Å². The number of hydrogen-bond acceptors (Lipinski definition) is 3. The Hall–Kier alpha value is -3.01. The van der Waals surface area contributed by atoms with E-state index in [1.54, 1.807) is 4.90 Å². The van der Waals surface area contributed by atoms with E-state index in [9.17, 15) is 22.8 Å². The number of para-hydroxylation sites is 1. The van der Waals surface area contributed by atoms with E-state index in [4.69, 9.17) is 4.74 Å². The Morgan fingerprint density at radius 1 is 1.12 bits per heavy atom. The van der Waals surface area contributed by atoms with Gasteiger partial charge in [-0.05, 0) is 30.2 Å². The molecule has 3 amide bonds. The molecule has 0 aliphatic rings. The highest BCUT2D eigenvalue weighted by Gasteiger charge is 2.34. The Bertz CT molecular complexity index is 928. The number of nitrogens with one attached hydrogen (secondary N) is 1. The van der Waals surface area contributed by atoms with Crippen molar-refractivity contribution in [3.63, 3.8) is 0 Å². The average Bonchev–Trinajstić information content (AvgIpc) is 3.14. The number of aromatic nitrogens is 1. The highest BCUT2D eigenvalue weighted by molar-refractivity contribution is 5.93. The molecule has 0 saturated heterocycles. The van der Waals surface area contributed by atoms with E-state index in [-0.39, 0.29) is 30.6 Å². The summed E-state index contributed by atoms with van der Waals surface area (Å²) >= 11 is 0. The molecular weight excluding hydrogens is 437 g/mol. The lowest BCUT2D eigenvalue weighted by Gasteiger charge is -2.29. The van der Waals surface area contributed by atoms with Crippen molar-refractivity contribution in [2.45, 2.75) is 26.6 Å². The van der Waals surface area contributed by atoms with Crippen LogP contribution in [0.25, 0.3) is 0 Å². The number of anilines is 1. The van der Waals surface area contributed by atoms with Crippen molar-refractivity contribution in [2.75, 3.05) is 38.7 Å². The van der Waals surface area contributed by atoms with Crippen LogP contribution in [0.1, 0.15) is 25.1 Å². The molecule has 0 fully saturated rings. The number of urea groups is 1. The van der Waals surface area contributed by atoms with Gasteiger partial charge in [0.2, 0.25) is 5.91 Å². The molecule has 0 radical (unpaired) electrons. The summed E-state index contributed by atoms with van der Waals surface area (Å²) in [5.74, 6) is -0.324. The zero-order chi connectivity index (χ0) is 24.6. The Kier molecular flexibility index (Phi) is 9.33. The smallest absolute Gasteiger partial charge is 0.383 e. The van der Waals surface area contributed by atoms with E-state index in [1.165, 1.54) is 30.2 Å². The van der Waals surface area contributed by atoms with Crippen LogP contribution in [0.5, 0.6) is 0 Å². The second-order valence-corrected chi connectivity index (χ2v) is 8.17. The first-order chi connectivity index (χ1) is 15.5. The van der Waals surface area contributed by atoms with Crippen molar-refractivity contribution in [1.82, 2.24) is 14.4 Å². The van der Waals surface area contributed by atoms with Crippen LogP contribution in [0.2, 0.25) is 0 Å². The maximum Gasteiger partial charge on any atom is 0.418 e. The topological polar surface area (TPSA) is 66.8 Å². The van der Waals surface area contributed by atoms with Gasteiger partial charge in [-0.1, -0.05) is 26.0 Å². The Labute approximate surface area is 192 Å². The predicted octanol–water partition coefficient (Wildman–Crippen LogP) is 4.21. The quantitative estimate of drug-likeness (QED) is 0.568. The molecule has 0 aliphatic heterocycles. The summed E-state index contributed by atoms with van der Waals surface area (Å²) in [4.78, 5) is 28.9. The van der Waals surface area contributed by atoms with Crippen LogP contribution in [0, 0.1) is 5.92 Å². The summed E-state index contributed by atoms with van der Waals surface area (Å²) < 4.78 is 47.0. The van der Waals surface area contributed by atoms with Crippen molar-refractivity contribution in [2.24, 2.45) is 13.0 Å². The minimum absolute atomic E-state index is 0.00158. The minimum atomic E-state index is -4.62. The van der Waals surface area contributed by atoms with Gasteiger partial charge in [0.25, 0.3) is 0 Å². The molecule has 33 heavy (non-hydrogen) atoms. The number of methoxy groups -OCH3 is 1. The highest BCUT2D eigenvalue weighted by Crippen LogP contribution is 2.34. The third-order valence-electron chi connectivity index (χ3n) is 5.00. The molecule has 1 N–H and O–H groups in total. The van der Waals surface area contributed by atoms with E-state index >= 15 is 0 Å². The van der Waals surface area contributed by atoms with E-state index in [0.29, 0.717) is 19.7 Å². The van der Waals surface area contributed by atoms with Crippen LogP contribution < -0.4 is 5.32 Å². The van der Waals surface area contributed by atoms with Gasteiger partial charge in [-0.25, -0.2) is 4.79 Å². The number of benzene rings is 1. The molecule has 0 aliphatic carbocycles. The molecule has 7 nitrogen and oxygen atoms in total. The molecule has 2 aromatic rings. The van der Waals surface area contributed by atoms with Crippen molar-refractivity contribution in [1.29, 1.82) is 0 Å². The summed E-state index contributed by atoms with van der Waals surface area (Å²) in [6.45, 7) is 4.60. The van der Waals surface area contributed by atoms with Gasteiger partial charge in [0.05, 0.1) is 24.4 Å². The van der Waals surface area contributed by atoms with Crippen LogP contribution in [-0.4, -0.2) is 59.7 Å². The molecule has 1 heterocycles. The number of rotatable bonds is 10. The van der Waals surface area contributed by atoms with Crippen molar-refractivity contribution in [3.05, 3.63) is 53.9 Å². The number of amides is 3. The summed E-state index contributed by atoms with van der Waals surface area (Å²) in [6.07, 6.45) is -2.75. The number of ether oxygens (including phenoxy) is 1. The van der Waals surface area contributed by atoms with Crippen LogP contribution >= 0.6 is 0 Å². The number of aryl methyl sites for hydroxylation is 1. The van der Waals surface area contributed by atoms with E-state index < -0.39 is 17.8 Å². The molecule has 2 rings (SSSR count). The Morgan fingerprint density at radius 2 is 1.82 bits per heavy atom. The van der Waals surface area contributed by atoms with E-state index in [2.05, 4.69) is 5.32 Å². The first kappa shape index (κ1) is 26.2. The molecule has 10 heteroatoms. The van der Waals surface area contributed by atoms with Crippen molar-refractivity contribution >= 4 is 17.6 Å². The number of halogens is 3. The number of hydrogen-bond donors (Lipinski definition) is 1. The molecular formula is C23H31F3N4O3. The highest BCUT2D eigenvalue weighted by atomic mass is 19.4. The number of nitrogens with zero attached hydrogens (tertiary/aromatic N) is 3. The van der Waals surface area contributed by atoms with E-state index in [1.807, 2.05) is 43.8 Å². The van der Waals surface area contributed by atoms with Crippen LogP contribution in [0.15, 0.2) is 42.6 Å². The first-order valence-corrected chi connectivity index (χ1v) is 10.6. The maximum atomic E-state index is 13.3. The average molecular weight is 469 g/mol. The largest absolute Gasteiger partial charge is 0.418 e. The molecule has 0 spiro atoms. The molecule has 0 saturated carbocycles. The first-order valence-electron chi connectivity index (χ1n) is 10.6. The summed E-state index contributed by atoms with van der Waals surface area (Å²) in [6, 6.07) is 7.75. The third kappa shape index (κ3) is 7.81. The normalized spacial score (nSPS) is 11.5. The summed E-state index contributed by atoms with van der Waals surface area (Å²) in [5.41, 5.74) is -0.394. The standard InChI is InChI=1S/C23H31F3N4O3/c1-17(2)14-30(22(32)27-20-10-6-5-9-19(20)23(24,25)26)16-21(31)29(12-13-33-4)15-18-8-7-11-28(18)3/h5-11,17H,12-16H2,1-4H3,(H,27,32). The maximum absolute atomic E-state index is 13.3. The van der Waals surface area contributed by atoms with Gasteiger partial charge in [0, 0.05) is 39.1 Å². The lowest BCUT2D eigenvalue weighted by Crippen LogP contribution is -2.46. The molecule has 0 atom stereocenters. The fourth-order valence-electron chi connectivity index (χ4n) is 3.31. The second kappa shape index (κ2) is 11.7. The number of carbonyl (C=O) groups is 2. The fourth-order valence-corrected chi connectivity index (χ4v) is 3.31. The van der Waals surface area contributed by atoms with Crippen LogP contribution in [-0.2, 0) is 29.3 Å². The van der Waals surface area contributed by atoms with Crippen molar-refractivity contribution < 1.29 is 27.5 Å². The lowest BCUT2D eigenvalue weighted by atomic mass is 10.1.